The van der Waals surface area contributed by atoms with E-state index in [1.165, 1.54) is 11.6 Å². The second-order valence-electron chi connectivity index (χ2n) is 5.70. The van der Waals surface area contributed by atoms with Gasteiger partial charge in [-0.2, -0.15) is 0 Å². The summed E-state index contributed by atoms with van der Waals surface area (Å²) in [5.41, 5.74) is 4.85. The lowest BCUT2D eigenvalue weighted by molar-refractivity contribution is 0.0652. The normalized spacial score (nSPS) is 10.9. The van der Waals surface area contributed by atoms with Crippen LogP contribution in [0.1, 0.15) is 35.9 Å². The Morgan fingerprint density at radius 2 is 1.78 bits per heavy atom. The zero-order chi connectivity index (χ0) is 16.4. The number of hydrogen-bond acceptors (Lipinski definition) is 3. The molecule has 0 aliphatic rings. The molecule has 4 nitrogen and oxygen atoms in total. The van der Waals surface area contributed by atoms with Gasteiger partial charge in [0.1, 0.15) is 5.69 Å². The van der Waals surface area contributed by atoms with Crippen LogP contribution in [-0.2, 0) is 0 Å². The fraction of sp³-hybridized carbons (Fsp3) is 0.158. The first kappa shape index (κ1) is 15.0. The van der Waals surface area contributed by atoms with Crippen molar-refractivity contribution in [3.8, 4) is 22.4 Å². The van der Waals surface area contributed by atoms with Crippen LogP contribution in [-0.4, -0.2) is 16.2 Å². The van der Waals surface area contributed by atoms with E-state index in [1.54, 1.807) is 0 Å². The molecule has 0 atom stereocenters. The molecule has 0 fully saturated rings. The van der Waals surface area contributed by atoms with Crippen molar-refractivity contribution >= 4 is 5.97 Å². The number of aromatic carboxylic acids is 1. The highest BCUT2D eigenvalue weighted by molar-refractivity contribution is 5.86. The molecule has 2 aromatic carbocycles. The van der Waals surface area contributed by atoms with Gasteiger partial charge in [0.15, 0.2) is 0 Å². The summed E-state index contributed by atoms with van der Waals surface area (Å²) in [5.74, 6) is -0.897. The first-order valence-electron chi connectivity index (χ1n) is 7.46. The number of aromatic nitrogens is 1. The van der Waals surface area contributed by atoms with Crippen molar-refractivity contribution in [1.82, 2.24) is 5.16 Å². The monoisotopic (exact) mass is 307 g/mol. The molecule has 0 aliphatic carbocycles. The quantitative estimate of drug-likeness (QED) is 0.749. The molecule has 0 unspecified atom stereocenters. The molecule has 116 valence electrons. The molecule has 3 rings (SSSR count). The highest BCUT2D eigenvalue weighted by Gasteiger charge is 2.15. The zero-order valence-corrected chi connectivity index (χ0v) is 13.0. The Kier molecular flexibility index (Phi) is 3.98. The van der Waals surface area contributed by atoms with Gasteiger partial charge in [-0.05, 0) is 28.7 Å². The molecule has 23 heavy (non-hydrogen) atoms. The van der Waals surface area contributed by atoms with Gasteiger partial charge in [0.05, 0.1) is 0 Å². The van der Waals surface area contributed by atoms with Crippen LogP contribution in [0.3, 0.4) is 0 Å². The van der Waals surface area contributed by atoms with E-state index >= 15 is 0 Å². The molecule has 0 bridgehead atoms. The summed E-state index contributed by atoms with van der Waals surface area (Å²) in [6, 6.07) is 17.6. The second kappa shape index (κ2) is 6.08. The van der Waals surface area contributed by atoms with Crippen molar-refractivity contribution in [3.63, 3.8) is 0 Å². The van der Waals surface area contributed by atoms with Crippen molar-refractivity contribution in [2.45, 2.75) is 19.8 Å². The number of benzene rings is 2. The van der Waals surface area contributed by atoms with Gasteiger partial charge < -0.3 is 9.63 Å². The van der Waals surface area contributed by atoms with Gasteiger partial charge in [0, 0.05) is 11.6 Å². The van der Waals surface area contributed by atoms with Crippen LogP contribution in [0.25, 0.3) is 22.4 Å². The fourth-order valence-electron chi connectivity index (χ4n) is 2.60. The van der Waals surface area contributed by atoms with Crippen molar-refractivity contribution in [3.05, 3.63) is 65.9 Å². The van der Waals surface area contributed by atoms with Crippen LogP contribution in [0.2, 0.25) is 0 Å². The van der Waals surface area contributed by atoms with Crippen LogP contribution < -0.4 is 0 Å². The number of carboxylic acid groups (broad SMARTS) is 1. The van der Waals surface area contributed by atoms with Gasteiger partial charge >= 0.3 is 5.97 Å². The van der Waals surface area contributed by atoms with Gasteiger partial charge in [-0.1, -0.05) is 61.5 Å². The molecular weight excluding hydrogens is 290 g/mol. The minimum Gasteiger partial charge on any atom is -0.475 e. The van der Waals surface area contributed by atoms with Crippen molar-refractivity contribution in [2.24, 2.45) is 0 Å². The summed E-state index contributed by atoms with van der Waals surface area (Å²) < 4.78 is 4.85. The maximum absolute atomic E-state index is 10.9. The highest BCUT2D eigenvalue weighted by Crippen LogP contribution is 2.33. The van der Waals surface area contributed by atoms with Gasteiger partial charge in [0.25, 0.3) is 0 Å². The van der Waals surface area contributed by atoms with Gasteiger partial charge in [0.2, 0.25) is 5.76 Å². The molecule has 0 amide bonds. The predicted octanol–water partition coefficient (Wildman–Crippen LogP) is 4.83. The largest absolute Gasteiger partial charge is 0.475 e. The molecule has 0 spiro atoms. The first-order valence-corrected chi connectivity index (χ1v) is 7.46. The third-order valence-electron chi connectivity index (χ3n) is 3.78. The molecule has 0 aliphatic heterocycles. The first-order chi connectivity index (χ1) is 11.1. The maximum Gasteiger partial charge on any atom is 0.374 e. The van der Waals surface area contributed by atoms with Gasteiger partial charge in [-0.3, -0.25) is 0 Å². The lowest BCUT2D eigenvalue weighted by Gasteiger charge is -2.14. The zero-order valence-electron chi connectivity index (χ0n) is 13.0. The van der Waals surface area contributed by atoms with E-state index in [0.29, 0.717) is 11.6 Å². The lowest BCUT2D eigenvalue weighted by atomic mass is 9.90. The number of rotatable bonds is 4. The van der Waals surface area contributed by atoms with E-state index in [2.05, 4.69) is 37.2 Å². The third kappa shape index (κ3) is 3.01. The topological polar surface area (TPSA) is 63.3 Å². The second-order valence-corrected chi connectivity index (χ2v) is 5.70. The Labute approximate surface area is 134 Å². The predicted molar refractivity (Wildman–Crippen MR) is 88.4 cm³/mol. The van der Waals surface area contributed by atoms with Gasteiger partial charge in [-0.25, -0.2) is 4.79 Å². The summed E-state index contributed by atoms with van der Waals surface area (Å²) in [6.45, 7) is 4.31. The molecule has 0 saturated heterocycles. The Bertz CT molecular complexity index is 835. The molecule has 0 saturated carbocycles. The highest BCUT2D eigenvalue weighted by atomic mass is 16.5. The van der Waals surface area contributed by atoms with Crippen molar-refractivity contribution < 1.29 is 14.4 Å². The summed E-state index contributed by atoms with van der Waals surface area (Å²) in [7, 11) is 0. The summed E-state index contributed by atoms with van der Waals surface area (Å²) in [4.78, 5) is 10.9. The molecular formula is C19H17NO3. The summed E-state index contributed by atoms with van der Waals surface area (Å²) in [6.07, 6.45) is 0. The van der Waals surface area contributed by atoms with Gasteiger partial charge in [-0.15, -0.1) is 0 Å². The van der Waals surface area contributed by atoms with E-state index in [1.807, 2.05) is 30.3 Å². The third-order valence-corrected chi connectivity index (χ3v) is 3.78. The molecule has 3 aromatic rings. The number of hydrogen-bond donors (Lipinski definition) is 1. The van der Waals surface area contributed by atoms with E-state index in [-0.39, 0.29) is 5.76 Å². The van der Waals surface area contributed by atoms with E-state index in [4.69, 9.17) is 9.63 Å². The molecule has 1 aromatic heterocycles. The lowest BCUT2D eigenvalue weighted by Crippen LogP contribution is -1.94. The average Bonchev–Trinajstić information content (AvgIpc) is 3.05. The Morgan fingerprint density at radius 3 is 2.39 bits per heavy atom. The smallest absolute Gasteiger partial charge is 0.374 e. The van der Waals surface area contributed by atoms with E-state index < -0.39 is 5.97 Å². The SMILES string of the molecule is CC(C)c1ccc(-c2cc(C(=O)O)on2)cc1-c1ccccc1. The van der Waals surface area contributed by atoms with Crippen LogP contribution in [0.5, 0.6) is 0 Å². The molecule has 1 N–H and O–H groups in total. The molecule has 1 heterocycles. The molecule has 0 radical (unpaired) electrons. The van der Waals surface area contributed by atoms with Crippen LogP contribution >= 0.6 is 0 Å². The van der Waals surface area contributed by atoms with Crippen LogP contribution in [0, 0.1) is 0 Å². The van der Waals surface area contributed by atoms with Crippen LogP contribution in [0.15, 0.2) is 59.1 Å². The van der Waals surface area contributed by atoms with Crippen LogP contribution in [0.4, 0.5) is 0 Å². The van der Waals surface area contributed by atoms with Crippen molar-refractivity contribution in [2.75, 3.05) is 0 Å². The number of carbonyl (C=O) groups is 1. The molecule has 4 heteroatoms. The van der Waals surface area contributed by atoms with E-state index in [9.17, 15) is 4.79 Å². The Morgan fingerprint density at radius 1 is 1.04 bits per heavy atom. The number of nitrogens with zero attached hydrogens (tertiary/aromatic N) is 1. The Hall–Kier alpha value is -2.88. The van der Waals surface area contributed by atoms with Crippen molar-refractivity contribution in [1.29, 1.82) is 0 Å². The minimum atomic E-state index is -1.12. The minimum absolute atomic E-state index is 0.158. The summed E-state index contributed by atoms with van der Waals surface area (Å²) in [5, 5.41) is 12.8. The Balaban J connectivity index is 2.11. The maximum atomic E-state index is 10.9. The summed E-state index contributed by atoms with van der Waals surface area (Å²) >= 11 is 0. The average molecular weight is 307 g/mol. The van der Waals surface area contributed by atoms with E-state index in [0.717, 1.165) is 16.7 Å². The number of carboxylic acids is 1. The standard InChI is InChI=1S/C19H17NO3/c1-12(2)15-9-8-14(17-11-18(19(21)22)23-20-17)10-16(15)13-6-4-3-5-7-13/h3-12H,1-2H3,(H,21,22). The fourth-order valence-corrected chi connectivity index (χ4v) is 2.60.